The van der Waals surface area contributed by atoms with E-state index in [0.29, 0.717) is 6.54 Å². The van der Waals surface area contributed by atoms with Gasteiger partial charge in [0.2, 0.25) is 0 Å². The number of carbonyl (C=O) groups excluding carboxylic acids is 2. The first-order valence-corrected chi connectivity index (χ1v) is 8.24. The van der Waals surface area contributed by atoms with Gasteiger partial charge in [-0.05, 0) is 49.1 Å². The molecule has 1 atom stereocenters. The third-order valence-electron chi connectivity index (χ3n) is 4.53. The van der Waals surface area contributed by atoms with Crippen molar-refractivity contribution in [2.75, 3.05) is 13.2 Å². The summed E-state index contributed by atoms with van der Waals surface area (Å²) in [4.78, 5) is 26.2. The molecule has 24 heavy (non-hydrogen) atoms. The number of likely N-dealkylation sites (tertiary alicyclic amines) is 1. The Bertz CT molecular complexity index is 771. The minimum atomic E-state index is -0.684. The zero-order chi connectivity index (χ0) is 17.1. The van der Waals surface area contributed by atoms with Crippen molar-refractivity contribution in [2.45, 2.75) is 32.2 Å². The molecule has 1 fully saturated rings. The molecule has 0 aliphatic carbocycles. The second kappa shape index (κ2) is 6.91. The standard InChI is InChI=1S/C19H21NO4/c1-13-6-4-5-9-20(13)18(22)12-24-19(23)16-10-14-7-2-3-8-15(14)11-17(16)21/h2-3,7-8,10-11,13,21H,4-6,9,12H2,1H3/t13-/m1/s1. The number of esters is 1. The Balaban J connectivity index is 1.68. The predicted molar refractivity (Wildman–Crippen MR) is 90.9 cm³/mol. The van der Waals surface area contributed by atoms with E-state index in [1.54, 1.807) is 11.0 Å². The number of benzene rings is 2. The summed E-state index contributed by atoms with van der Waals surface area (Å²) in [6, 6.07) is 10.7. The lowest BCUT2D eigenvalue weighted by atomic mass is 10.0. The number of amides is 1. The highest BCUT2D eigenvalue weighted by Gasteiger charge is 2.24. The third kappa shape index (κ3) is 3.35. The molecular weight excluding hydrogens is 306 g/mol. The van der Waals surface area contributed by atoms with Crippen LogP contribution in [0.4, 0.5) is 0 Å². The molecule has 0 bridgehead atoms. The van der Waals surface area contributed by atoms with E-state index in [1.807, 2.05) is 31.2 Å². The Morgan fingerprint density at radius 1 is 1.21 bits per heavy atom. The molecule has 0 saturated carbocycles. The van der Waals surface area contributed by atoms with Crippen LogP contribution in [0.1, 0.15) is 36.5 Å². The molecule has 2 aromatic rings. The summed E-state index contributed by atoms with van der Waals surface area (Å²) in [5.74, 6) is -1.01. The second-order valence-electron chi connectivity index (χ2n) is 6.22. The molecular formula is C19H21NO4. The van der Waals surface area contributed by atoms with Gasteiger partial charge in [0, 0.05) is 12.6 Å². The number of phenolic OH excluding ortho intramolecular Hbond substituents is 1. The Kier molecular flexibility index (Phi) is 4.69. The quantitative estimate of drug-likeness (QED) is 0.880. The van der Waals surface area contributed by atoms with Gasteiger partial charge in [0.25, 0.3) is 5.91 Å². The average Bonchev–Trinajstić information content (AvgIpc) is 2.59. The predicted octanol–water partition coefficient (Wildman–Crippen LogP) is 3.10. The van der Waals surface area contributed by atoms with E-state index < -0.39 is 5.97 Å². The Hall–Kier alpha value is -2.56. The number of ether oxygens (including phenoxy) is 1. The molecule has 1 aliphatic rings. The minimum absolute atomic E-state index is 0.0770. The second-order valence-corrected chi connectivity index (χ2v) is 6.22. The van der Waals surface area contributed by atoms with Crippen LogP contribution in [0.2, 0.25) is 0 Å². The van der Waals surface area contributed by atoms with E-state index in [2.05, 4.69) is 0 Å². The molecule has 0 unspecified atom stereocenters. The van der Waals surface area contributed by atoms with Crippen LogP contribution in [0.25, 0.3) is 10.8 Å². The Morgan fingerprint density at radius 2 is 1.92 bits per heavy atom. The van der Waals surface area contributed by atoms with Crippen LogP contribution in [0, 0.1) is 0 Å². The van der Waals surface area contributed by atoms with Gasteiger partial charge in [-0.3, -0.25) is 4.79 Å². The molecule has 5 nitrogen and oxygen atoms in total. The number of hydrogen-bond donors (Lipinski definition) is 1. The fourth-order valence-electron chi connectivity index (χ4n) is 3.15. The summed E-state index contributed by atoms with van der Waals surface area (Å²) in [5, 5.41) is 11.7. The summed E-state index contributed by atoms with van der Waals surface area (Å²) in [7, 11) is 0. The molecule has 2 aromatic carbocycles. The maximum Gasteiger partial charge on any atom is 0.342 e. The smallest absolute Gasteiger partial charge is 0.342 e. The first kappa shape index (κ1) is 16.3. The van der Waals surface area contributed by atoms with Crippen molar-refractivity contribution in [1.29, 1.82) is 0 Å². The molecule has 1 amide bonds. The molecule has 1 saturated heterocycles. The minimum Gasteiger partial charge on any atom is -0.507 e. The molecule has 126 valence electrons. The number of fused-ring (bicyclic) bond motifs is 1. The first-order valence-electron chi connectivity index (χ1n) is 8.24. The summed E-state index contributed by atoms with van der Waals surface area (Å²) in [5.41, 5.74) is 0.0770. The summed E-state index contributed by atoms with van der Waals surface area (Å²) >= 11 is 0. The topological polar surface area (TPSA) is 66.8 Å². The van der Waals surface area contributed by atoms with Crippen LogP contribution < -0.4 is 0 Å². The van der Waals surface area contributed by atoms with Crippen LogP contribution in [0.3, 0.4) is 0 Å². The van der Waals surface area contributed by atoms with Crippen LogP contribution in [0.15, 0.2) is 36.4 Å². The molecule has 1 heterocycles. The van der Waals surface area contributed by atoms with Crippen LogP contribution in [0.5, 0.6) is 5.75 Å². The van der Waals surface area contributed by atoms with Gasteiger partial charge in [0.1, 0.15) is 11.3 Å². The van der Waals surface area contributed by atoms with Gasteiger partial charge < -0.3 is 14.7 Å². The lowest BCUT2D eigenvalue weighted by molar-refractivity contribution is -0.137. The normalized spacial score (nSPS) is 17.7. The third-order valence-corrected chi connectivity index (χ3v) is 4.53. The molecule has 3 rings (SSSR count). The van der Waals surface area contributed by atoms with Crippen molar-refractivity contribution in [2.24, 2.45) is 0 Å². The summed E-state index contributed by atoms with van der Waals surface area (Å²) in [6.07, 6.45) is 3.08. The van der Waals surface area contributed by atoms with Gasteiger partial charge in [0.05, 0.1) is 0 Å². The summed E-state index contributed by atoms with van der Waals surface area (Å²) in [6.45, 7) is 2.42. The first-order chi connectivity index (χ1) is 11.6. The number of phenols is 1. The van der Waals surface area contributed by atoms with Crippen LogP contribution >= 0.6 is 0 Å². The molecule has 0 aromatic heterocycles. The average molecular weight is 327 g/mol. The van der Waals surface area contributed by atoms with E-state index >= 15 is 0 Å². The van der Waals surface area contributed by atoms with Crippen molar-refractivity contribution in [1.82, 2.24) is 4.90 Å². The fourth-order valence-corrected chi connectivity index (χ4v) is 3.15. The monoisotopic (exact) mass is 327 g/mol. The number of hydrogen-bond acceptors (Lipinski definition) is 4. The molecule has 1 N–H and O–H groups in total. The van der Waals surface area contributed by atoms with Crippen molar-refractivity contribution in [3.05, 3.63) is 42.0 Å². The largest absolute Gasteiger partial charge is 0.507 e. The maximum atomic E-state index is 12.2. The zero-order valence-corrected chi connectivity index (χ0v) is 13.7. The van der Waals surface area contributed by atoms with Gasteiger partial charge in [-0.25, -0.2) is 4.79 Å². The highest BCUT2D eigenvalue weighted by molar-refractivity contribution is 5.99. The highest BCUT2D eigenvalue weighted by Crippen LogP contribution is 2.25. The number of nitrogens with zero attached hydrogens (tertiary/aromatic N) is 1. The van der Waals surface area contributed by atoms with Crippen molar-refractivity contribution >= 4 is 22.6 Å². The van der Waals surface area contributed by atoms with Gasteiger partial charge in [-0.15, -0.1) is 0 Å². The van der Waals surface area contributed by atoms with Crippen molar-refractivity contribution < 1.29 is 19.4 Å². The van der Waals surface area contributed by atoms with Gasteiger partial charge >= 0.3 is 5.97 Å². The lowest BCUT2D eigenvalue weighted by Gasteiger charge is -2.33. The van der Waals surface area contributed by atoms with Gasteiger partial charge in [-0.1, -0.05) is 24.3 Å². The van der Waals surface area contributed by atoms with Crippen molar-refractivity contribution in [3.8, 4) is 5.75 Å². The lowest BCUT2D eigenvalue weighted by Crippen LogP contribution is -2.44. The SMILES string of the molecule is C[C@@H]1CCCCN1C(=O)COC(=O)c1cc2ccccc2cc1O. The number of aromatic hydroxyl groups is 1. The van der Waals surface area contributed by atoms with Gasteiger partial charge in [0.15, 0.2) is 6.61 Å². The Labute approximate surface area is 140 Å². The van der Waals surface area contributed by atoms with E-state index in [1.165, 1.54) is 6.07 Å². The Morgan fingerprint density at radius 3 is 2.62 bits per heavy atom. The van der Waals surface area contributed by atoms with E-state index in [-0.39, 0.29) is 29.9 Å². The van der Waals surface area contributed by atoms with Crippen LogP contribution in [-0.4, -0.2) is 41.1 Å². The maximum absolute atomic E-state index is 12.2. The van der Waals surface area contributed by atoms with E-state index in [0.717, 1.165) is 30.0 Å². The summed E-state index contributed by atoms with van der Waals surface area (Å²) < 4.78 is 5.13. The van der Waals surface area contributed by atoms with Crippen LogP contribution in [-0.2, 0) is 9.53 Å². The number of carbonyl (C=O) groups is 2. The highest BCUT2D eigenvalue weighted by atomic mass is 16.5. The number of rotatable bonds is 3. The fraction of sp³-hybridized carbons (Fsp3) is 0.368. The van der Waals surface area contributed by atoms with E-state index in [4.69, 9.17) is 4.74 Å². The molecule has 5 heteroatoms. The van der Waals surface area contributed by atoms with Crippen molar-refractivity contribution in [3.63, 3.8) is 0 Å². The number of piperidine rings is 1. The molecule has 0 spiro atoms. The molecule has 0 radical (unpaired) electrons. The van der Waals surface area contributed by atoms with Gasteiger partial charge in [-0.2, -0.15) is 0 Å². The molecule has 1 aliphatic heterocycles. The van der Waals surface area contributed by atoms with E-state index in [9.17, 15) is 14.7 Å². The zero-order valence-electron chi connectivity index (χ0n) is 13.7.